The van der Waals surface area contributed by atoms with E-state index in [0.29, 0.717) is 18.0 Å². The van der Waals surface area contributed by atoms with Crippen LogP contribution in [0.1, 0.15) is 16.7 Å². The highest BCUT2D eigenvalue weighted by atomic mass is 79.9. The second-order valence-corrected chi connectivity index (χ2v) is 6.06. The Bertz CT molecular complexity index is 735. The van der Waals surface area contributed by atoms with E-state index in [2.05, 4.69) is 59.2 Å². The zero-order chi connectivity index (χ0) is 16.8. The second kappa shape index (κ2) is 7.94. The van der Waals surface area contributed by atoms with Gasteiger partial charge in [0.1, 0.15) is 6.61 Å². The number of benzene rings is 2. The quantitative estimate of drug-likeness (QED) is 0.744. The maximum Gasteiger partial charge on any atom is 0.176 e. The van der Waals surface area contributed by atoms with Gasteiger partial charge in [-0.05, 0) is 64.7 Å². The molecule has 23 heavy (non-hydrogen) atoms. The van der Waals surface area contributed by atoms with Crippen LogP contribution in [0.25, 0.3) is 0 Å². The Morgan fingerprint density at radius 3 is 2.74 bits per heavy atom. The lowest BCUT2D eigenvalue weighted by Crippen LogP contribution is -2.04. The number of methoxy groups -OCH3 is 1. The Hall–Kier alpha value is -2.12. The molecule has 0 aromatic heterocycles. The summed E-state index contributed by atoms with van der Waals surface area (Å²) < 4.78 is 11.8. The Balaban J connectivity index is 2.19. The van der Waals surface area contributed by atoms with Gasteiger partial charge in [-0.3, -0.25) is 0 Å². The van der Waals surface area contributed by atoms with Gasteiger partial charge in [0, 0.05) is 12.2 Å². The molecule has 120 valence electrons. The van der Waals surface area contributed by atoms with Crippen molar-refractivity contribution in [2.45, 2.75) is 20.4 Å². The Morgan fingerprint density at radius 2 is 2.04 bits per heavy atom. The fourth-order valence-electron chi connectivity index (χ4n) is 2.27. The molecule has 0 atom stereocenters. The first kappa shape index (κ1) is 17.2. The highest BCUT2D eigenvalue weighted by Gasteiger charge is 2.11. The normalized spacial score (nSPS) is 10.0. The van der Waals surface area contributed by atoms with E-state index in [1.54, 1.807) is 7.11 Å². The molecule has 0 unspecified atom stereocenters. The summed E-state index contributed by atoms with van der Waals surface area (Å²) in [6, 6.07) is 10.2. The molecule has 0 bridgehead atoms. The number of rotatable bonds is 6. The molecule has 1 N–H and O–H groups in total. The van der Waals surface area contributed by atoms with Gasteiger partial charge < -0.3 is 14.8 Å². The van der Waals surface area contributed by atoms with Crippen LogP contribution in [0.3, 0.4) is 0 Å². The van der Waals surface area contributed by atoms with Crippen molar-refractivity contribution in [3.63, 3.8) is 0 Å². The van der Waals surface area contributed by atoms with Gasteiger partial charge in [0.25, 0.3) is 0 Å². The van der Waals surface area contributed by atoms with Crippen molar-refractivity contribution < 1.29 is 9.47 Å². The molecule has 2 aromatic carbocycles. The highest BCUT2D eigenvalue weighted by Crippen LogP contribution is 2.36. The fourth-order valence-corrected chi connectivity index (χ4v) is 2.87. The van der Waals surface area contributed by atoms with Gasteiger partial charge in [-0.1, -0.05) is 18.1 Å². The van der Waals surface area contributed by atoms with Crippen molar-refractivity contribution >= 4 is 21.6 Å². The molecule has 0 aliphatic rings. The number of halogens is 1. The van der Waals surface area contributed by atoms with Crippen molar-refractivity contribution in [2.24, 2.45) is 0 Å². The van der Waals surface area contributed by atoms with Crippen LogP contribution in [0.15, 0.2) is 34.8 Å². The summed E-state index contributed by atoms with van der Waals surface area (Å²) >= 11 is 3.52. The maximum atomic E-state index is 5.53. The minimum atomic E-state index is 0.203. The molecule has 0 radical (unpaired) electrons. The Morgan fingerprint density at radius 1 is 1.26 bits per heavy atom. The molecule has 0 aliphatic heterocycles. The lowest BCUT2D eigenvalue weighted by Gasteiger charge is -2.15. The van der Waals surface area contributed by atoms with Crippen molar-refractivity contribution in [2.75, 3.05) is 19.0 Å². The SMILES string of the molecule is C#CCOc1c(Br)cc(CNc2cccc(C)c2C)cc1OC. The van der Waals surface area contributed by atoms with Gasteiger partial charge >= 0.3 is 0 Å². The fraction of sp³-hybridized carbons (Fsp3) is 0.263. The zero-order valence-corrected chi connectivity index (χ0v) is 15.2. The van der Waals surface area contributed by atoms with Gasteiger partial charge in [0.15, 0.2) is 11.5 Å². The monoisotopic (exact) mass is 373 g/mol. The van der Waals surface area contributed by atoms with Crippen molar-refractivity contribution in [3.05, 3.63) is 51.5 Å². The van der Waals surface area contributed by atoms with E-state index in [0.717, 1.165) is 15.7 Å². The van der Waals surface area contributed by atoms with E-state index in [4.69, 9.17) is 15.9 Å². The van der Waals surface area contributed by atoms with Crippen molar-refractivity contribution in [1.29, 1.82) is 0 Å². The van der Waals surface area contributed by atoms with Crippen LogP contribution in [0.2, 0.25) is 0 Å². The molecule has 0 amide bonds. The summed E-state index contributed by atoms with van der Waals surface area (Å²) in [6.45, 7) is 5.12. The van der Waals surface area contributed by atoms with E-state index >= 15 is 0 Å². The summed E-state index contributed by atoms with van der Waals surface area (Å²) in [4.78, 5) is 0. The lowest BCUT2D eigenvalue weighted by atomic mass is 10.1. The number of ether oxygens (including phenoxy) is 2. The molecule has 0 fully saturated rings. The first-order chi connectivity index (χ1) is 11.1. The van der Waals surface area contributed by atoms with Crippen LogP contribution >= 0.6 is 15.9 Å². The van der Waals surface area contributed by atoms with Gasteiger partial charge in [-0.25, -0.2) is 0 Å². The number of terminal acetylenes is 1. The molecule has 0 spiro atoms. The lowest BCUT2D eigenvalue weighted by molar-refractivity contribution is 0.328. The van der Waals surface area contributed by atoms with E-state index < -0.39 is 0 Å². The first-order valence-corrected chi connectivity index (χ1v) is 8.09. The summed E-state index contributed by atoms with van der Waals surface area (Å²) in [5.41, 5.74) is 4.75. The minimum Gasteiger partial charge on any atom is -0.493 e. The van der Waals surface area contributed by atoms with Crippen molar-refractivity contribution in [1.82, 2.24) is 0 Å². The molecule has 0 aliphatic carbocycles. The van der Waals surface area contributed by atoms with Crippen LogP contribution in [-0.2, 0) is 6.54 Å². The average Bonchev–Trinajstić information content (AvgIpc) is 2.54. The third kappa shape index (κ3) is 4.20. The topological polar surface area (TPSA) is 30.5 Å². The largest absolute Gasteiger partial charge is 0.493 e. The van der Waals surface area contributed by atoms with E-state index in [-0.39, 0.29) is 6.61 Å². The predicted molar refractivity (Wildman–Crippen MR) is 98.3 cm³/mol. The second-order valence-electron chi connectivity index (χ2n) is 5.20. The Labute approximate surface area is 146 Å². The smallest absolute Gasteiger partial charge is 0.176 e. The summed E-state index contributed by atoms with van der Waals surface area (Å²) in [6.07, 6.45) is 5.25. The van der Waals surface area contributed by atoms with Crippen LogP contribution in [0.4, 0.5) is 5.69 Å². The molecule has 0 heterocycles. The molecule has 2 rings (SSSR count). The van der Waals surface area contributed by atoms with Crippen LogP contribution < -0.4 is 14.8 Å². The molecule has 0 saturated heterocycles. The van der Waals surface area contributed by atoms with Gasteiger partial charge in [0.2, 0.25) is 0 Å². The minimum absolute atomic E-state index is 0.203. The standard InChI is InChI=1S/C19H20BrNO2/c1-5-9-23-19-16(20)10-15(11-18(19)22-4)12-21-17-8-6-7-13(2)14(17)3/h1,6-8,10-11,21H,9,12H2,2-4H3. The van der Waals surface area contributed by atoms with E-state index in [1.807, 2.05) is 12.1 Å². The highest BCUT2D eigenvalue weighted by molar-refractivity contribution is 9.10. The number of hydrogen-bond donors (Lipinski definition) is 1. The molecule has 3 nitrogen and oxygen atoms in total. The van der Waals surface area contributed by atoms with Crippen LogP contribution in [0, 0.1) is 26.2 Å². The maximum absolute atomic E-state index is 5.53. The molecule has 0 saturated carbocycles. The van der Waals surface area contributed by atoms with Crippen LogP contribution in [-0.4, -0.2) is 13.7 Å². The third-order valence-electron chi connectivity index (χ3n) is 3.68. The molecule has 4 heteroatoms. The van der Waals surface area contributed by atoms with Gasteiger partial charge in [-0.2, -0.15) is 0 Å². The number of hydrogen-bond acceptors (Lipinski definition) is 3. The van der Waals surface area contributed by atoms with E-state index in [9.17, 15) is 0 Å². The van der Waals surface area contributed by atoms with E-state index in [1.165, 1.54) is 11.1 Å². The zero-order valence-electron chi connectivity index (χ0n) is 13.6. The third-order valence-corrected chi connectivity index (χ3v) is 4.27. The Kier molecular flexibility index (Phi) is 5.95. The summed E-state index contributed by atoms with van der Waals surface area (Å²) in [5, 5.41) is 3.46. The predicted octanol–water partition coefficient (Wildman–Crippen LogP) is 4.70. The van der Waals surface area contributed by atoms with Gasteiger partial charge in [-0.15, -0.1) is 6.42 Å². The number of aryl methyl sites for hydroxylation is 1. The van der Waals surface area contributed by atoms with Gasteiger partial charge in [0.05, 0.1) is 11.6 Å². The average molecular weight is 374 g/mol. The summed E-state index contributed by atoms with van der Waals surface area (Å²) in [5.74, 6) is 3.74. The molecular formula is C19H20BrNO2. The van der Waals surface area contributed by atoms with Crippen molar-refractivity contribution in [3.8, 4) is 23.8 Å². The van der Waals surface area contributed by atoms with Crippen LogP contribution in [0.5, 0.6) is 11.5 Å². The number of anilines is 1. The molecular weight excluding hydrogens is 354 g/mol. The number of nitrogens with one attached hydrogen (secondary N) is 1. The first-order valence-electron chi connectivity index (χ1n) is 7.29. The summed E-state index contributed by atoms with van der Waals surface area (Å²) in [7, 11) is 1.62. The molecule has 2 aromatic rings.